The number of nitrogens with zero attached hydrogens (tertiary/aromatic N) is 2. The number of rotatable bonds is 3. The third-order valence-corrected chi connectivity index (χ3v) is 7.22. The van der Waals surface area contributed by atoms with Crippen LogP contribution in [0.3, 0.4) is 0 Å². The predicted molar refractivity (Wildman–Crippen MR) is 122 cm³/mol. The number of benzene rings is 3. The molecule has 1 fully saturated rings. The minimum atomic E-state index is -1.08. The number of anilines is 2. The van der Waals surface area contributed by atoms with Crippen LogP contribution < -0.4 is 9.80 Å². The number of fused-ring (bicyclic) bond motifs is 2. The van der Waals surface area contributed by atoms with Crippen LogP contribution in [0, 0.1) is 6.92 Å². The second-order valence-corrected chi connectivity index (χ2v) is 9.14. The molecule has 6 heteroatoms. The van der Waals surface area contributed by atoms with E-state index in [2.05, 4.69) is 0 Å². The van der Waals surface area contributed by atoms with Gasteiger partial charge in [-0.3, -0.25) is 14.5 Å². The van der Waals surface area contributed by atoms with Gasteiger partial charge in [-0.1, -0.05) is 54.1 Å². The summed E-state index contributed by atoms with van der Waals surface area (Å²) < 4.78 is 0. The highest BCUT2D eigenvalue weighted by Gasteiger charge is 2.60. The van der Waals surface area contributed by atoms with Crippen molar-refractivity contribution in [3.05, 3.63) is 94.5 Å². The molecule has 0 saturated carbocycles. The number of hydrogen-bond acceptors (Lipinski definition) is 3. The van der Waals surface area contributed by atoms with E-state index in [9.17, 15) is 9.59 Å². The second-order valence-electron chi connectivity index (χ2n) is 7.54. The third kappa shape index (κ3) is 2.84. The van der Waals surface area contributed by atoms with E-state index in [1.54, 1.807) is 9.80 Å². The number of carbonyl (C=O) groups excluding carboxylic acids is 2. The van der Waals surface area contributed by atoms with Crippen molar-refractivity contribution in [1.82, 2.24) is 0 Å². The second kappa shape index (κ2) is 7.18. The highest BCUT2D eigenvalue weighted by atomic mass is 35.5. The van der Waals surface area contributed by atoms with Crippen molar-refractivity contribution in [1.29, 1.82) is 0 Å². The van der Waals surface area contributed by atoms with Gasteiger partial charge in [-0.15, -0.1) is 11.8 Å². The van der Waals surface area contributed by atoms with E-state index in [1.165, 1.54) is 11.8 Å². The van der Waals surface area contributed by atoms with Crippen LogP contribution in [-0.2, 0) is 21.0 Å². The minimum absolute atomic E-state index is 0.0536. The molecule has 1 atom stereocenters. The van der Waals surface area contributed by atoms with Crippen LogP contribution in [0.15, 0.2) is 72.8 Å². The van der Waals surface area contributed by atoms with E-state index in [4.69, 9.17) is 11.6 Å². The van der Waals surface area contributed by atoms with Crippen molar-refractivity contribution in [3.63, 3.8) is 0 Å². The Bertz CT molecular complexity index is 1160. The van der Waals surface area contributed by atoms with Gasteiger partial charge in [0.25, 0.3) is 5.91 Å². The molecule has 2 aliphatic heterocycles. The first-order chi connectivity index (χ1) is 14.5. The van der Waals surface area contributed by atoms with Crippen molar-refractivity contribution in [2.24, 2.45) is 0 Å². The molecule has 0 unspecified atom stereocenters. The number of amides is 2. The van der Waals surface area contributed by atoms with Gasteiger partial charge in [0.1, 0.15) is 0 Å². The number of para-hydroxylation sites is 1. The van der Waals surface area contributed by atoms with Crippen molar-refractivity contribution < 1.29 is 9.59 Å². The molecule has 150 valence electrons. The summed E-state index contributed by atoms with van der Waals surface area (Å²) in [5.74, 6) is 0.126. The zero-order valence-electron chi connectivity index (χ0n) is 16.3. The van der Waals surface area contributed by atoms with Gasteiger partial charge in [-0.25, -0.2) is 0 Å². The molecule has 0 N–H and O–H groups in total. The van der Waals surface area contributed by atoms with Crippen molar-refractivity contribution in [3.8, 4) is 0 Å². The quantitative estimate of drug-likeness (QED) is 0.574. The first kappa shape index (κ1) is 19.2. The number of carbonyl (C=O) groups is 2. The van der Waals surface area contributed by atoms with E-state index in [0.717, 1.165) is 28.1 Å². The Labute approximate surface area is 184 Å². The van der Waals surface area contributed by atoms with Gasteiger partial charge >= 0.3 is 0 Å². The first-order valence-electron chi connectivity index (χ1n) is 9.70. The smallest absolute Gasteiger partial charge is 0.269 e. The number of thioether (sulfide) groups is 1. The largest absolute Gasteiger partial charge is 0.304 e. The van der Waals surface area contributed by atoms with Crippen LogP contribution >= 0.6 is 23.4 Å². The fourth-order valence-electron chi connectivity index (χ4n) is 4.25. The predicted octanol–water partition coefficient (Wildman–Crippen LogP) is 5.13. The lowest BCUT2D eigenvalue weighted by Crippen LogP contribution is -2.49. The minimum Gasteiger partial charge on any atom is -0.304 e. The average Bonchev–Trinajstić information content (AvgIpc) is 3.21. The summed E-state index contributed by atoms with van der Waals surface area (Å²) in [5.41, 5.74) is 4.49. The van der Waals surface area contributed by atoms with Crippen LogP contribution in [0.2, 0.25) is 5.02 Å². The molecular weight excluding hydrogens is 416 g/mol. The molecule has 2 aliphatic rings. The molecule has 1 spiro atoms. The fourth-order valence-corrected chi connectivity index (χ4v) is 5.74. The maximum absolute atomic E-state index is 14.0. The highest BCUT2D eigenvalue weighted by Crippen LogP contribution is 2.55. The first-order valence-corrected chi connectivity index (χ1v) is 11.1. The summed E-state index contributed by atoms with van der Waals surface area (Å²) in [6, 6.07) is 23.0. The van der Waals surface area contributed by atoms with E-state index >= 15 is 0 Å². The lowest BCUT2D eigenvalue weighted by molar-refractivity contribution is -0.123. The molecule has 0 radical (unpaired) electrons. The Hall–Kier alpha value is -2.76. The molecule has 3 aromatic rings. The summed E-state index contributed by atoms with van der Waals surface area (Å²) in [7, 11) is 0. The van der Waals surface area contributed by atoms with Crippen molar-refractivity contribution >= 4 is 46.6 Å². The summed E-state index contributed by atoms with van der Waals surface area (Å²) in [6.07, 6.45) is 0. The fraction of sp³-hybridized carbons (Fsp3) is 0.167. The van der Waals surface area contributed by atoms with Crippen molar-refractivity contribution in [2.75, 3.05) is 15.6 Å². The van der Waals surface area contributed by atoms with Gasteiger partial charge in [0.15, 0.2) is 0 Å². The average molecular weight is 435 g/mol. The van der Waals surface area contributed by atoms with Gasteiger partial charge < -0.3 is 4.90 Å². The summed E-state index contributed by atoms with van der Waals surface area (Å²) in [5, 5.41) is 0.658. The van der Waals surface area contributed by atoms with Gasteiger partial charge in [0.05, 0.1) is 18.0 Å². The summed E-state index contributed by atoms with van der Waals surface area (Å²) >= 11 is 7.43. The zero-order chi connectivity index (χ0) is 20.9. The van der Waals surface area contributed by atoms with Crippen LogP contribution in [0.5, 0.6) is 0 Å². The Balaban J connectivity index is 1.64. The third-order valence-electron chi connectivity index (χ3n) is 5.58. The normalized spacial score (nSPS) is 20.3. The molecule has 0 aliphatic carbocycles. The summed E-state index contributed by atoms with van der Waals surface area (Å²) in [6.45, 7) is 2.41. The Morgan fingerprint density at radius 2 is 1.77 bits per heavy atom. The van der Waals surface area contributed by atoms with Crippen LogP contribution in [-0.4, -0.2) is 17.6 Å². The maximum atomic E-state index is 14.0. The van der Waals surface area contributed by atoms with E-state index in [0.29, 0.717) is 11.6 Å². The molecule has 3 aromatic carbocycles. The number of halogens is 1. The maximum Gasteiger partial charge on any atom is 0.269 e. The highest BCUT2D eigenvalue weighted by molar-refractivity contribution is 8.02. The standard InChI is InChI=1S/C24H19ClN2O2S/c1-16-5-4-6-19(13-16)27-22(28)15-30-24(27)20-7-2-3-8-21(20)26(23(24)29)14-17-9-11-18(25)12-10-17/h2-13H,14-15H2,1H3/t24-/m1/s1. The molecule has 30 heavy (non-hydrogen) atoms. The molecule has 5 rings (SSSR count). The van der Waals surface area contributed by atoms with Gasteiger partial charge in [0, 0.05) is 16.3 Å². The molecular formula is C24H19ClN2O2S. The van der Waals surface area contributed by atoms with E-state index in [1.807, 2.05) is 79.7 Å². The summed E-state index contributed by atoms with van der Waals surface area (Å²) in [4.78, 5) is 29.4. The SMILES string of the molecule is Cc1cccc(N2C(=O)CS[C@]23C(=O)N(Cc2ccc(Cl)cc2)c2ccccc23)c1. The van der Waals surface area contributed by atoms with Crippen LogP contribution in [0.4, 0.5) is 11.4 Å². The van der Waals surface area contributed by atoms with Gasteiger partial charge in [-0.05, 0) is 48.4 Å². The lowest BCUT2D eigenvalue weighted by atomic mass is 10.0. The molecule has 2 amide bonds. The molecule has 0 aromatic heterocycles. The Morgan fingerprint density at radius 3 is 2.53 bits per heavy atom. The number of hydrogen-bond donors (Lipinski definition) is 0. The topological polar surface area (TPSA) is 40.6 Å². The Kier molecular flexibility index (Phi) is 4.60. The van der Waals surface area contributed by atoms with E-state index in [-0.39, 0.29) is 17.6 Å². The molecule has 1 saturated heterocycles. The molecule has 2 heterocycles. The Morgan fingerprint density at radius 1 is 1.00 bits per heavy atom. The van der Waals surface area contributed by atoms with Crippen LogP contribution in [0.1, 0.15) is 16.7 Å². The molecule has 0 bridgehead atoms. The lowest BCUT2D eigenvalue weighted by Gasteiger charge is -2.33. The van der Waals surface area contributed by atoms with Gasteiger partial charge in [-0.2, -0.15) is 0 Å². The number of aryl methyl sites for hydroxylation is 1. The zero-order valence-corrected chi connectivity index (χ0v) is 17.9. The monoisotopic (exact) mass is 434 g/mol. The van der Waals surface area contributed by atoms with Gasteiger partial charge in [0.2, 0.25) is 10.8 Å². The molecule has 4 nitrogen and oxygen atoms in total. The van der Waals surface area contributed by atoms with E-state index < -0.39 is 4.87 Å². The van der Waals surface area contributed by atoms with Crippen molar-refractivity contribution in [2.45, 2.75) is 18.3 Å². The van der Waals surface area contributed by atoms with Crippen LogP contribution in [0.25, 0.3) is 0 Å².